The second-order valence-corrected chi connectivity index (χ2v) is 5.40. The average Bonchev–Trinajstić information content (AvgIpc) is 2.43. The van der Waals surface area contributed by atoms with Gasteiger partial charge < -0.3 is 5.11 Å². The van der Waals surface area contributed by atoms with Crippen LogP contribution in [-0.2, 0) is 4.79 Å². The summed E-state index contributed by atoms with van der Waals surface area (Å²) in [5, 5.41) is 11.5. The van der Waals surface area contributed by atoms with Crippen molar-refractivity contribution in [2.45, 2.75) is 32.9 Å². The van der Waals surface area contributed by atoms with Crippen molar-refractivity contribution in [1.29, 1.82) is 0 Å². The van der Waals surface area contributed by atoms with Gasteiger partial charge in [-0.2, -0.15) is 0 Å². The molecule has 0 amide bonds. The zero-order valence-electron chi connectivity index (χ0n) is 12.2. The van der Waals surface area contributed by atoms with E-state index in [9.17, 15) is 4.79 Å². The minimum absolute atomic E-state index is 0.0576. The van der Waals surface area contributed by atoms with Crippen molar-refractivity contribution in [2.24, 2.45) is 0 Å². The van der Waals surface area contributed by atoms with E-state index in [4.69, 9.17) is 5.11 Å². The lowest BCUT2D eigenvalue weighted by molar-refractivity contribution is -0.139. The first-order chi connectivity index (χ1) is 9.50. The summed E-state index contributed by atoms with van der Waals surface area (Å²) in [7, 11) is 0. The largest absolute Gasteiger partial charge is 0.480 e. The van der Waals surface area contributed by atoms with Crippen LogP contribution in [-0.4, -0.2) is 28.6 Å². The predicted molar refractivity (Wildman–Crippen MR) is 81.8 cm³/mol. The Labute approximate surface area is 119 Å². The summed E-state index contributed by atoms with van der Waals surface area (Å²) in [6.45, 7) is 6.20. The van der Waals surface area contributed by atoms with E-state index in [-0.39, 0.29) is 18.6 Å². The van der Waals surface area contributed by atoms with Gasteiger partial charge in [0.25, 0.3) is 0 Å². The van der Waals surface area contributed by atoms with Crippen LogP contribution in [0.4, 0.5) is 0 Å². The van der Waals surface area contributed by atoms with Gasteiger partial charge in [-0.3, -0.25) is 9.69 Å². The number of carboxylic acid groups (broad SMARTS) is 1. The molecule has 0 bridgehead atoms. The summed E-state index contributed by atoms with van der Waals surface area (Å²) in [5.41, 5.74) is 1.18. The summed E-state index contributed by atoms with van der Waals surface area (Å²) >= 11 is 0. The highest BCUT2D eigenvalue weighted by Crippen LogP contribution is 2.29. The fourth-order valence-corrected chi connectivity index (χ4v) is 2.72. The Morgan fingerprint density at radius 3 is 2.40 bits per heavy atom. The maximum absolute atomic E-state index is 11.1. The molecule has 0 aliphatic heterocycles. The molecule has 3 nitrogen and oxygen atoms in total. The molecule has 20 heavy (non-hydrogen) atoms. The number of hydrogen-bond acceptors (Lipinski definition) is 2. The standard InChI is InChI=1S/C17H21NO2/c1-12(2)18(11-17(19)20)13(3)15-10-6-8-14-7-4-5-9-16(14)15/h4-10,12-13H,11H2,1-3H3,(H,19,20). The van der Waals surface area contributed by atoms with E-state index in [1.165, 1.54) is 16.3 Å². The van der Waals surface area contributed by atoms with Crippen LogP contribution >= 0.6 is 0 Å². The smallest absolute Gasteiger partial charge is 0.317 e. The third-order valence-electron chi connectivity index (χ3n) is 3.75. The number of carboxylic acids is 1. The van der Waals surface area contributed by atoms with E-state index in [0.717, 1.165) is 0 Å². The Morgan fingerprint density at radius 2 is 1.75 bits per heavy atom. The monoisotopic (exact) mass is 271 g/mol. The summed E-state index contributed by atoms with van der Waals surface area (Å²) in [6, 6.07) is 14.7. The summed E-state index contributed by atoms with van der Waals surface area (Å²) in [6.07, 6.45) is 0. The van der Waals surface area contributed by atoms with Crippen LogP contribution in [0.5, 0.6) is 0 Å². The van der Waals surface area contributed by atoms with Gasteiger partial charge in [-0.05, 0) is 37.1 Å². The van der Waals surface area contributed by atoms with E-state index in [1.54, 1.807) is 0 Å². The molecule has 0 fully saturated rings. The SMILES string of the molecule is CC(C)N(CC(=O)O)C(C)c1cccc2ccccc12. The molecule has 0 heterocycles. The van der Waals surface area contributed by atoms with Gasteiger partial charge in [-0.15, -0.1) is 0 Å². The molecular weight excluding hydrogens is 250 g/mol. The summed E-state index contributed by atoms with van der Waals surface area (Å²) < 4.78 is 0. The van der Waals surface area contributed by atoms with Gasteiger partial charge in [0.2, 0.25) is 0 Å². The number of hydrogen-bond donors (Lipinski definition) is 1. The maximum Gasteiger partial charge on any atom is 0.317 e. The van der Waals surface area contributed by atoms with E-state index in [2.05, 4.69) is 31.2 Å². The Hall–Kier alpha value is -1.87. The molecule has 2 aromatic rings. The van der Waals surface area contributed by atoms with E-state index in [1.807, 2.05) is 36.9 Å². The molecule has 0 radical (unpaired) electrons. The van der Waals surface area contributed by atoms with Crippen LogP contribution in [0.2, 0.25) is 0 Å². The van der Waals surface area contributed by atoms with Crippen LogP contribution in [0.3, 0.4) is 0 Å². The molecule has 106 valence electrons. The third kappa shape index (κ3) is 2.99. The summed E-state index contributed by atoms with van der Waals surface area (Å²) in [4.78, 5) is 13.1. The van der Waals surface area contributed by atoms with Crippen LogP contribution in [0.1, 0.15) is 32.4 Å². The first-order valence-corrected chi connectivity index (χ1v) is 6.96. The van der Waals surface area contributed by atoms with Crippen molar-refractivity contribution in [3.8, 4) is 0 Å². The van der Waals surface area contributed by atoms with Crippen molar-refractivity contribution >= 4 is 16.7 Å². The molecule has 0 aromatic heterocycles. The second kappa shape index (κ2) is 6.06. The highest BCUT2D eigenvalue weighted by molar-refractivity contribution is 5.86. The highest BCUT2D eigenvalue weighted by Gasteiger charge is 2.22. The van der Waals surface area contributed by atoms with E-state index in [0.29, 0.717) is 0 Å². The molecule has 0 aliphatic carbocycles. The normalized spacial score (nSPS) is 13.1. The Bertz CT molecular complexity index is 601. The number of fused-ring (bicyclic) bond motifs is 1. The minimum Gasteiger partial charge on any atom is -0.480 e. The number of carbonyl (C=O) groups is 1. The van der Waals surface area contributed by atoms with E-state index < -0.39 is 5.97 Å². The van der Waals surface area contributed by atoms with Crippen LogP contribution in [0.15, 0.2) is 42.5 Å². The van der Waals surface area contributed by atoms with Gasteiger partial charge in [0.15, 0.2) is 0 Å². The molecular formula is C17H21NO2. The van der Waals surface area contributed by atoms with Crippen molar-refractivity contribution in [3.05, 3.63) is 48.0 Å². The first-order valence-electron chi connectivity index (χ1n) is 6.96. The lowest BCUT2D eigenvalue weighted by atomic mass is 9.98. The van der Waals surface area contributed by atoms with Crippen LogP contribution < -0.4 is 0 Å². The van der Waals surface area contributed by atoms with Crippen molar-refractivity contribution in [1.82, 2.24) is 4.90 Å². The molecule has 0 saturated heterocycles. The Morgan fingerprint density at radius 1 is 1.10 bits per heavy atom. The van der Waals surface area contributed by atoms with Crippen LogP contribution in [0.25, 0.3) is 10.8 Å². The van der Waals surface area contributed by atoms with Gasteiger partial charge >= 0.3 is 5.97 Å². The number of nitrogens with zero attached hydrogens (tertiary/aromatic N) is 1. The molecule has 2 aromatic carbocycles. The Balaban J connectivity index is 2.43. The predicted octanol–water partition coefficient (Wildman–Crippen LogP) is 3.70. The Kier molecular flexibility index (Phi) is 4.40. The topological polar surface area (TPSA) is 40.5 Å². The highest BCUT2D eigenvalue weighted by atomic mass is 16.4. The second-order valence-electron chi connectivity index (χ2n) is 5.40. The lowest BCUT2D eigenvalue weighted by Gasteiger charge is -2.32. The number of rotatable bonds is 5. The van der Waals surface area contributed by atoms with Gasteiger partial charge in [-0.1, -0.05) is 42.5 Å². The maximum atomic E-state index is 11.1. The molecule has 0 aliphatic rings. The number of aliphatic carboxylic acids is 1. The fraction of sp³-hybridized carbons (Fsp3) is 0.353. The minimum atomic E-state index is -0.786. The summed E-state index contributed by atoms with van der Waals surface area (Å²) in [5.74, 6) is -0.786. The molecule has 2 rings (SSSR count). The molecule has 3 heteroatoms. The lowest BCUT2D eigenvalue weighted by Crippen LogP contribution is -2.37. The van der Waals surface area contributed by atoms with Gasteiger partial charge in [0.1, 0.15) is 0 Å². The van der Waals surface area contributed by atoms with Crippen molar-refractivity contribution in [3.63, 3.8) is 0 Å². The zero-order valence-corrected chi connectivity index (χ0v) is 12.2. The molecule has 1 unspecified atom stereocenters. The molecule has 0 spiro atoms. The quantitative estimate of drug-likeness (QED) is 0.901. The zero-order chi connectivity index (χ0) is 14.7. The molecule has 0 saturated carbocycles. The number of benzene rings is 2. The van der Waals surface area contributed by atoms with E-state index >= 15 is 0 Å². The van der Waals surface area contributed by atoms with Crippen LogP contribution in [0, 0.1) is 0 Å². The average molecular weight is 271 g/mol. The third-order valence-corrected chi connectivity index (χ3v) is 3.75. The van der Waals surface area contributed by atoms with Crippen molar-refractivity contribution in [2.75, 3.05) is 6.54 Å². The molecule has 1 atom stereocenters. The van der Waals surface area contributed by atoms with Crippen molar-refractivity contribution < 1.29 is 9.90 Å². The van der Waals surface area contributed by atoms with Gasteiger partial charge in [0.05, 0.1) is 6.54 Å². The first kappa shape index (κ1) is 14.5. The van der Waals surface area contributed by atoms with Gasteiger partial charge in [0, 0.05) is 12.1 Å². The molecule has 1 N–H and O–H groups in total. The fourth-order valence-electron chi connectivity index (χ4n) is 2.72. The van der Waals surface area contributed by atoms with Gasteiger partial charge in [-0.25, -0.2) is 0 Å².